The number of pyridine rings is 1. The third-order valence-electron chi connectivity index (χ3n) is 4.62. The molecule has 0 spiro atoms. The molecule has 1 saturated heterocycles. The predicted molar refractivity (Wildman–Crippen MR) is 111 cm³/mol. The van der Waals surface area contributed by atoms with Crippen LogP contribution < -0.4 is 0 Å². The van der Waals surface area contributed by atoms with E-state index in [2.05, 4.69) is 38.7 Å². The molecule has 0 aliphatic carbocycles. The predicted octanol–water partition coefficient (Wildman–Crippen LogP) is 3.55. The van der Waals surface area contributed by atoms with E-state index in [0.29, 0.717) is 10.6 Å². The lowest BCUT2D eigenvalue weighted by Crippen LogP contribution is -2.48. The molecule has 0 atom stereocenters. The van der Waals surface area contributed by atoms with Crippen molar-refractivity contribution in [2.45, 2.75) is 6.54 Å². The number of rotatable bonds is 3. The van der Waals surface area contributed by atoms with E-state index in [9.17, 15) is 4.79 Å². The fourth-order valence-corrected chi connectivity index (χ4v) is 3.97. The summed E-state index contributed by atoms with van der Waals surface area (Å²) in [6.45, 7) is 3.93. The molecule has 7 heteroatoms. The van der Waals surface area contributed by atoms with Crippen molar-refractivity contribution in [2.24, 2.45) is 0 Å². The van der Waals surface area contributed by atoms with Gasteiger partial charge in [-0.15, -0.1) is 0 Å². The fraction of sp³-hybridized carbons (Fsp3) is 0.263. The Morgan fingerprint density at radius 1 is 1.15 bits per heavy atom. The largest absolute Gasteiger partial charge is 0.336 e. The zero-order valence-corrected chi connectivity index (χ0v) is 17.0. The van der Waals surface area contributed by atoms with E-state index in [4.69, 9.17) is 11.6 Å². The van der Waals surface area contributed by atoms with Crippen LogP contribution in [0.15, 0.2) is 48.8 Å². The lowest BCUT2D eigenvalue weighted by atomic mass is 10.2. The number of nitrogens with zero attached hydrogens (tertiary/aromatic N) is 4. The van der Waals surface area contributed by atoms with Gasteiger partial charge in [0.25, 0.3) is 5.91 Å². The first-order valence-corrected chi connectivity index (χ1v) is 9.95. The minimum absolute atomic E-state index is 0.0595. The average Bonchev–Trinajstić information content (AvgIpc) is 3.06. The number of carbonyl (C=O) groups is 1. The molecule has 1 aliphatic heterocycles. The summed E-state index contributed by atoms with van der Waals surface area (Å²) in [5.74, 6) is 0.0595. The normalized spacial score (nSPS) is 15.5. The van der Waals surface area contributed by atoms with Crippen LogP contribution in [0.2, 0.25) is 5.02 Å². The van der Waals surface area contributed by atoms with E-state index in [0.717, 1.165) is 47.6 Å². The van der Waals surface area contributed by atoms with Crippen molar-refractivity contribution >= 4 is 45.7 Å². The number of fused-ring (bicyclic) bond motifs is 1. The van der Waals surface area contributed by atoms with Gasteiger partial charge in [0.2, 0.25) is 0 Å². The quantitative estimate of drug-likeness (QED) is 0.539. The van der Waals surface area contributed by atoms with Crippen LogP contribution in [-0.2, 0) is 6.54 Å². The van der Waals surface area contributed by atoms with E-state index in [1.165, 1.54) is 0 Å². The van der Waals surface area contributed by atoms with Crippen LogP contribution in [0, 0.1) is 3.57 Å². The van der Waals surface area contributed by atoms with E-state index < -0.39 is 0 Å². The molecule has 3 heterocycles. The smallest absolute Gasteiger partial charge is 0.255 e. The monoisotopic (exact) mass is 480 g/mol. The molecule has 0 radical (unpaired) electrons. The second-order valence-electron chi connectivity index (χ2n) is 6.39. The molecule has 4 rings (SSSR count). The maximum absolute atomic E-state index is 12.8. The van der Waals surface area contributed by atoms with Gasteiger partial charge in [-0.2, -0.15) is 0 Å². The molecule has 2 aromatic heterocycles. The van der Waals surface area contributed by atoms with E-state index in [1.807, 2.05) is 45.8 Å². The average molecular weight is 481 g/mol. The minimum atomic E-state index is 0.0595. The third kappa shape index (κ3) is 3.72. The van der Waals surface area contributed by atoms with Crippen molar-refractivity contribution in [3.8, 4) is 0 Å². The highest BCUT2D eigenvalue weighted by molar-refractivity contribution is 14.1. The number of benzene rings is 1. The van der Waals surface area contributed by atoms with Crippen LogP contribution >= 0.6 is 34.2 Å². The Kier molecular flexibility index (Phi) is 5.15. The summed E-state index contributed by atoms with van der Waals surface area (Å²) in [7, 11) is 0. The lowest BCUT2D eigenvalue weighted by molar-refractivity contribution is 0.0626. The van der Waals surface area contributed by atoms with E-state index in [-0.39, 0.29) is 5.91 Å². The number of hydrogen-bond donors (Lipinski definition) is 0. The van der Waals surface area contributed by atoms with Gasteiger partial charge in [0.15, 0.2) is 0 Å². The first-order chi connectivity index (χ1) is 12.6. The topological polar surface area (TPSA) is 40.9 Å². The van der Waals surface area contributed by atoms with Gasteiger partial charge in [-0.3, -0.25) is 9.69 Å². The number of piperazine rings is 1. The Bertz CT molecular complexity index is 917. The van der Waals surface area contributed by atoms with Crippen molar-refractivity contribution < 1.29 is 4.79 Å². The van der Waals surface area contributed by atoms with Crippen molar-refractivity contribution in [3.05, 3.63) is 68.6 Å². The third-order valence-corrected chi connectivity index (χ3v) is 5.79. The van der Waals surface area contributed by atoms with Crippen LogP contribution in [-0.4, -0.2) is 51.3 Å². The van der Waals surface area contributed by atoms with Crippen molar-refractivity contribution in [1.29, 1.82) is 0 Å². The van der Waals surface area contributed by atoms with Crippen LogP contribution in [0.3, 0.4) is 0 Å². The first kappa shape index (κ1) is 17.8. The van der Waals surface area contributed by atoms with Crippen LogP contribution in [0.5, 0.6) is 0 Å². The molecule has 1 aromatic carbocycles. The molecular weight excluding hydrogens is 463 g/mol. The molecule has 1 aliphatic rings. The molecule has 5 nitrogen and oxygen atoms in total. The van der Waals surface area contributed by atoms with E-state index >= 15 is 0 Å². The van der Waals surface area contributed by atoms with Crippen LogP contribution in [0.25, 0.3) is 5.65 Å². The maximum atomic E-state index is 12.8. The van der Waals surface area contributed by atoms with Gasteiger partial charge in [0.05, 0.1) is 11.3 Å². The SMILES string of the molecule is O=C(c1cc(Cl)ccc1I)N1CCN(Cc2cn3ccccc3n2)CC1. The number of imidazole rings is 1. The minimum Gasteiger partial charge on any atom is -0.336 e. The Morgan fingerprint density at radius 3 is 2.73 bits per heavy atom. The molecule has 3 aromatic rings. The number of halogens is 2. The molecule has 0 saturated carbocycles. The summed E-state index contributed by atoms with van der Waals surface area (Å²) in [6, 6.07) is 11.5. The number of aromatic nitrogens is 2. The van der Waals surface area contributed by atoms with Gasteiger partial charge in [0.1, 0.15) is 5.65 Å². The zero-order valence-electron chi connectivity index (χ0n) is 14.1. The molecule has 134 valence electrons. The van der Waals surface area contributed by atoms with E-state index in [1.54, 1.807) is 6.07 Å². The fourth-order valence-electron chi connectivity index (χ4n) is 3.23. The molecule has 0 N–H and O–H groups in total. The van der Waals surface area contributed by atoms with Crippen LogP contribution in [0.4, 0.5) is 0 Å². The summed E-state index contributed by atoms with van der Waals surface area (Å²) in [5.41, 5.74) is 2.71. The van der Waals surface area contributed by atoms with Gasteiger partial charge >= 0.3 is 0 Å². The second-order valence-corrected chi connectivity index (χ2v) is 7.99. The molecule has 0 bridgehead atoms. The number of amides is 1. The number of hydrogen-bond acceptors (Lipinski definition) is 3. The highest BCUT2D eigenvalue weighted by Crippen LogP contribution is 2.20. The highest BCUT2D eigenvalue weighted by Gasteiger charge is 2.24. The lowest BCUT2D eigenvalue weighted by Gasteiger charge is -2.34. The summed E-state index contributed by atoms with van der Waals surface area (Å²) in [6.07, 6.45) is 4.08. The zero-order chi connectivity index (χ0) is 18.1. The molecule has 1 fully saturated rings. The van der Waals surface area contributed by atoms with Gasteiger partial charge in [0, 0.05) is 53.7 Å². The standard InChI is InChI=1S/C19H18ClIN4O/c20-14-4-5-17(21)16(11-14)19(26)24-9-7-23(8-10-24)12-15-13-25-6-2-1-3-18(25)22-15/h1-6,11,13H,7-10,12H2. The van der Waals surface area contributed by atoms with Crippen molar-refractivity contribution in [1.82, 2.24) is 19.2 Å². The molecule has 0 unspecified atom stereocenters. The number of carbonyl (C=O) groups excluding carboxylic acids is 1. The Morgan fingerprint density at radius 2 is 1.96 bits per heavy atom. The first-order valence-electron chi connectivity index (χ1n) is 8.49. The Balaban J connectivity index is 1.39. The highest BCUT2D eigenvalue weighted by atomic mass is 127. The molecular formula is C19H18ClIN4O. The molecule has 26 heavy (non-hydrogen) atoms. The van der Waals surface area contributed by atoms with Gasteiger partial charge in [-0.25, -0.2) is 4.98 Å². The summed E-state index contributed by atoms with van der Waals surface area (Å²) in [5, 5.41) is 0.597. The van der Waals surface area contributed by atoms with Crippen LogP contribution in [0.1, 0.15) is 16.1 Å². The van der Waals surface area contributed by atoms with Gasteiger partial charge in [-0.1, -0.05) is 17.7 Å². The van der Waals surface area contributed by atoms with Gasteiger partial charge < -0.3 is 9.30 Å². The maximum Gasteiger partial charge on any atom is 0.255 e. The summed E-state index contributed by atoms with van der Waals surface area (Å²) < 4.78 is 2.97. The molecule has 1 amide bonds. The van der Waals surface area contributed by atoms with Gasteiger partial charge in [-0.05, 0) is 52.9 Å². The Labute approximate surface area is 170 Å². The Hall–Kier alpha value is -1.64. The summed E-state index contributed by atoms with van der Waals surface area (Å²) >= 11 is 8.24. The second kappa shape index (κ2) is 7.54. The summed E-state index contributed by atoms with van der Waals surface area (Å²) in [4.78, 5) is 21.7. The van der Waals surface area contributed by atoms with Crippen molar-refractivity contribution in [2.75, 3.05) is 26.2 Å². The van der Waals surface area contributed by atoms with Crippen molar-refractivity contribution in [3.63, 3.8) is 0 Å².